The van der Waals surface area contributed by atoms with Crippen LogP contribution >= 0.6 is 11.8 Å². The first kappa shape index (κ1) is 17.0. The summed E-state index contributed by atoms with van der Waals surface area (Å²) in [6.07, 6.45) is 2.21. The molecule has 0 radical (unpaired) electrons. The molecule has 0 bridgehead atoms. The van der Waals surface area contributed by atoms with E-state index in [1.165, 1.54) is 11.6 Å². The first-order chi connectivity index (χ1) is 9.97. The Bertz CT molecular complexity index is 731. The summed E-state index contributed by atoms with van der Waals surface area (Å²) in [4.78, 5) is 39.3. The van der Waals surface area contributed by atoms with Crippen LogP contribution in [0, 0.1) is 0 Å². The largest absolute Gasteiger partial charge is 0.483 e. The van der Waals surface area contributed by atoms with E-state index in [9.17, 15) is 9.59 Å². The van der Waals surface area contributed by atoms with Gasteiger partial charge in [0.15, 0.2) is 16.3 Å². The number of aromatic amines is 1. The normalized spacial score (nSPS) is 10.2. The second-order valence-electron chi connectivity index (χ2n) is 4.25. The van der Waals surface area contributed by atoms with Crippen LogP contribution in [0.1, 0.15) is 19.8 Å². The molecule has 21 heavy (non-hydrogen) atoms. The lowest BCUT2D eigenvalue weighted by atomic mass is 10.4. The minimum Gasteiger partial charge on any atom is -0.483 e. The van der Waals surface area contributed by atoms with Gasteiger partial charge in [-0.1, -0.05) is 25.1 Å². The highest BCUT2D eigenvalue weighted by molar-refractivity contribution is 7.99. The molecule has 0 aliphatic rings. The van der Waals surface area contributed by atoms with E-state index < -0.39 is 0 Å². The standard InChI is InChI=1S/C11H16N4O2S.CH2O2/c1-4-5-6-18-10-12-7-8(13-10)14(2)11(17)15(3)9(7)16;2-1-3/h4-6H2,1-3H3,(H,12,13);1H,(H,2,3). The van der Waals surface area contributed by atoms with Crippen molar-refractivity contribution in [3.63, 3.8) is 0 Å². The molecule has 0 amide bonds. The van der Waals surface area contributed by atoms with Crippen molar-refractivity contribution in [2.75, 3.05) is 5.75 Å². The smallest absolute Gasteiger partial charge is 0.332 e. The van der Waals surface area contributed by atoms with Crippen LogP contribution in [0.4, 0.5) is 0 Å². The molecule has 0 aliphatic heterocycles. The monoisotopic (exact) mass is 314 g/mol. The second kappa shape index (κ2) is 7.67. The van der Waals surface area contributed by atoms with Gasteiger partial charge in [0, 0.05) is 19.8 Å². The fourth-order valence-electron chi connectivity index (χ4n) is 1.69. The first-order valence-electron chi connectivity index (χ1n) is 6.34. The third-order valence-electron chi connectivity index (χ3n) is 2.81. The van der Waals surface area contributed by atoms with Crippen molar-refractivity contribution in [2.45, 2.75) is 24.9 Å². The molecule has 0 aliphatic carbocycles. The molecule has 0 atom stereocenters. The zero-order chi connectivity index (χ0) is 16.0. The van der Waals surface area contributed by atoms with Gasteiger partial charge in [-0.2, -0.15) is 0 Å². The maximum absolute atomic E-state index is 11.9. The zero-order valence-corrected chi connectivity index (χ0v) is 12.9. The molecule has 0 aromatic carbocycles. The Kier molecular flexibility index (Phi) is 6.22. The Morgan fingerprint density at radius 2 is 1.95 bits per heavy atom. The van der Waals surface area contributed by atoms with Gasteiger partial charge >= 0.3 is 5.69 Å². The third kappa shape index (κ3) is 3.75. The van der Waals surface area contributed by atoms with Crippen molar-refractivity contribution >= 4 is 29.4 Å². The molecule has 9 heteroatoms. The molecule has 0 fully saturated rings. The van der Waals surface area contributed by atoms with Gasteiger partial charge in [-0.15, -0.1) is 0 Å². The van der Waals surface area contributed by atoms with Crippen molar-refractivity contribution in [1.29, 1.82) is 0 Å². The fourth-order valence-corrected chi connectivity index (χ4v) is 2.64. The molecule has 0 unspecified atom stereocenters. The zero-order valence-electron chi connectivity index (χ0n) is 12.1. The number of imidazole rings is 1. The van der Waals surface area contributed by atoms with E-state index in [0.29, 0.717) is 16.3 Å². The van der Waals surface area contributed by atoms with Gasteiger partial charge in [0.2, 0.25) is 0 Å². The topological polar surface area (TPSA) is 110 Å². The Morgan fingerprint density at radius 3 is 2.52 bits per heavy atom. The first-order valence-corrected chi connectivity index (χ1v) is 7.32. The summed E-state index contributed by atoms with van der Waals surface area (Å²) in [5.41, 5.74) is 0.118. The Hall–Kier alpha value is -2.03. The number of hydrogen-bond donors (Lipinski definition) is 2. The van der Waals surface area contributed by atoms with Gasteiger partial charge < -0.3 is 10.1 Å². The van der Waals surface area contributed by atoms with Gasteiger partial charge in [0.25, 0.3) is 12.0 Å². The lowest BCUT2D eigenvalue weighted by molar-refractivity contribution is -0.122. The van der Waals surface area contributed by atoms with Crippen LogP contribution in [0.25, 0.3) is 11.2 Å². The van der Waals surface area contributed by atoms with Crippen molar-refractivity contribution in [3.05, 3.63) is 20.8 Å². The van der Waals surface area contributed by atoms with E-state index in [1.54, 1.807) is 18.8 Å². The average Bonchev–Trinajstić information content (AvgIpc) is 2.88. The predicted octanol–water partition coefficient (Wildman–Crippen LogP) is 0.553. The minimum atomic E-state index is -0.357. The molecular formula is C12H18N4O4S. The van der Waals surface area contributed by atoms with Crippen LogP contribution in [-0.2, 0) is 18.9 Å². The predicted molar refractivity (Wildman–Crippen MR) is 80.9 cm³/mol. The molecule has 8 nitrogen and oxygen atoms in total. The van der Waals surface area contributed by atoms with Crippen LogP contribution in [0.3, 0.4) is 0 Å². The summed E-state index contributed by atoms with van der Waals surface area (Å²) >= 11 is 1.57. The number of aryl methyl sites for hydroxylation is 1. The average molecular weight is 314 g/mol. The molecule has 2 N–H and O–H groups in total. The summed E-state index contributed by atoms with van der Waals surface area (Å²) in [7, 11) is 3.08. The van der Waals surface area contributed by atoms with Gasteiger partial charge in [-0.25, -0.2) is 9.78 Å². The summed E-state index contributed by atoms with van der Waals surface area (Å²) in [5.74, 6) is 0.949. The van der Waals surface area contributed by atoms with E-state index in [2.05, 4.69) is 16.9 Å². The number of unbranched alkanes of at least 4 members (excludes halogenated alkanes) is 1. The number of nitrogens with one attached hydrogen (secondary N) is 1. The minimum absolute atomic E-state index is 0.250. The van der Waals surface area contributed by atoms with Crippen molar-refractivity contribution in [1.82, 2.24) is 19.1 Å². The molecule has 0 saturated carbocycles. The number of rotatable bonds is 4. The molecule has 2 rings (SSSR count). The van der Waals surface area contributed by atoms with Gasteiger partial charge in [-0.05, 0) is 6.42 Å². The van der Waals surface area contributed by atoms with E-state index in [0.717, 1.165) is 23.2 Å². The molecule has 116 valence electrons. The Balaban J connectivity index is 0.000000677. The van der Waals surface area contributed by atoms with Crippen LogP contribution in [-0.4, -0.2) is 36.4 Å². The van der Waals surface area contributed by atoms with Gasteiger partial charge in [0.1, 0.15) is 0 Å². The van der Waals surface area contributed by atoms with Crippen LogP contribution in [0.15, 0.2) is 14.7 Å². The van der Waals surface area contributed by atoms with E-state index in [-0.39, 0.29) is 17.7 Å². The Labute approximate surface area is 124 Å². The van der Waals surface area contributed by atoms with Crippen molar-refractivity contribution in [3.8, 4) is 0 Å². The number of fused-ring (bicyclic) bond motifs is 1. The maximum atomic E-state index is 11.9. The number of carbonyl (C=O) groups is 1. The highest BCUT2D eigenvalue weighted by atomic mass is 32.2. The number of aromatic nitrogens is 4. The lowest BCUT2D eigenvalue weighted by Gasteiger charge is -2.00. The van der Waals surface area contributed by atoms with E-state index >= 15 is 0 Å². The SMILES string of the molecule is CCCCSc1nc2c([nH]1)c(=O)n(C)c(=O)n2C.O=CO. The van der Waals surface area contributed by atoms with Crippen LogP contribution < -0.4 is 11.2 Å². The Morgan fingerprint density at radius 1 is 1.33 bits per heavy atom. The highest BCUT2D eigenvalue weighted by Gasteiger charge is 2.13. The number of nitrogens with zero attached hydrogens (tertiary/aromatic N) is 3. The summed E-state index contributed by atoms with van der Waals surface area (Å²) in [5, 5.41) is 7.58. The second-order valence-corrected chi connectivity index (χ2v) is 5.34. The third-order valence-corrected chi connectivity index (χ3v) is 3.77. The van der Waals surface area contributed by atoms with E-state index in [1.807, 2.05) is 0 Å². The highest BCUT2D eigenvalue weighted by Crippen LogP contribution is 2.17. The number of H-pyrrole nitrogens is 1. The van der Waals surface area contributed by atoms with Crippen molar-refractivity contribution < 1.29 is 9.90 Å². The number of hydrogen-bond acceptors (Lipinski definition) is 5. The molecular weight excluding hydrogens is 296 g/mol. The molecule has 0 saturated heterocycles. The van der Waals surface area contributed by atoms with Crippen molar-refractivity contribution in [2.24, 2.45) is 14.1 Å². The summed E-state index contributed by atoms with van der Waals surface area (Å²) < 4.78 is 2.47. The molecule has 2 aromatic heterocycles. The quantitative estimate of drug-likeness (QED) is 0.484. The van der Waals surface area contributed by atoms with Gasteiger partial charge in [0.05, 0.1) is 0 Å². The molecule has 2 aromatic rings. The summed E-state index contributed by atoms with van der Waals surface area (Å²) in [6.45, 7) is 1.87. The van der Waals surface area contributed by atoms with Crippen LogP contribution in [0.2, 0.25) is 0 Å². The lowest BCUT2D eigenvalue weighted by Crippen LogP contribution is -2.36. The number of carboxylic acid groups (broad SMARTS) is 1. The van der Waals surface area contributed by atoms with E-state index in [4.69, 9.17) is 9.90 Å². The number of thioether (sulfide) groups is 1. The fraction of sp³-hybridized carbons (Fsp3) is 0.500. The summed E-state index contributed by atoms with van der Waals surface area (Å²) in [6, 6.07) is 0. The van der Waals surface area contributed by atoms with Gasteiger partial charge in [-0.3, -0.25) is 18.7 Å². The van der Waals surface area contributed by atoms with Crippen LogP contribution in [0.5, 0.6) is 0 Å². The molecule has 0 spiro atoms. The maximum Gasteiger partial charge on any atom is 0.332 e. The molecule has 2 heterocycles.